The van der Waals surface area contributed by atoms with Gasteiger partial charge in [-0.1, -0.05) is 153 Å². The van der Waals surface area contributed by atoms with Crippen molar-refractivity contribution in [1.82, 2.24) is 9.97 Å². The van der Waals surface area contributed by atoms with Crippen molar-refractivity contribution < 1.29 is 8.83 Å². The third kappa shape index (κ3) is 4.49. The lowest BCUT2D eigenvalue weighted by molar-refractivity contribution is 0.656. The Morgan fingerprint density at radius 2 is 1.03 bits per heavy atom. The summed E-state index contributed by atoms with van der Waals surface area (Å²) in [5.74, 6) is 0. The van der Waals surface area contributed by atoms with Crippen molar-refractivity contribution in [2.24, 2.45) is 0 Å². The van der Waals surface area contributed by atoms with Crippen LogP contribution in [0.15, 0.2) is 179 Å². The Labute approximate surface area is 339 Å². The minimum atomic E-state index is -0.148. The first-order chi connectivity index (χ1) is 29.0. The van der Waals surface area contributed by atoms with Crippen molar-refractivity contribution in [3.63, 3.8) is 0 Å². The molecule has 0 radical (unpaired) electrons. The summed E-state index contributed by atoms with van der Waals surface area (Å²) in [6, 6.07) is 58.3. The Hall–Kier alpha value is -7.56. The molecule has 0 saturated carbocycles. The first-order valence-electron chi connectivity index (χ1n) is 20.2. The molecule has 3 heterocycles. The molecule has 0 atom stereocenters. The maximum Gasteiger partial charge on any atom is 0.147 e. The number of furan rings is 2. The van der Waals surface area contributed by atoms with Gasteiger partial charge in [-0.3, -0.25) is 4.98 Å². The number of benzene rings is 9. The Balaban J connectivity index is 1.02. The quantitative estimate of drug-likeness (QED) is 0.169. The number of rotatable bonds is 3. The number of fused-ring (bicyclic) bond motifs is 15. The second-order valence-electron chi connectivity index (χ2n) is 16.4. The summed E-state index contributed by atoms with van der Waals surface area (Å²) in [5.41, 5.74) is 16.2. The van der Waals surface area contributed by atoms with Gasteiger partial charge in [0.2, 0.25) is 0 Å². The molecule has 1 aliphatic carbocycles. The predicted molar refractivity (Wildman–Crippen MR) is 243 cm³/mol. The zero-order valence-electron chi connectivity index (χ0n) is 32.4. The van der Waals surface area contributed by atoms with Crippen molar-refractivity contribution in [2.75, 3.05) is 0 Å². The average Bonchev–Trinajstić information content (AvgIpc) is 3.93. The minimum Gasteiger partial charge on any atom is -0.455 e. The topological polar surface area (TPSA) is 52.1 Å². The van der Waals surface area contributed by atoms with E-state index in [1.807, 2.05) is 12.3 Å². The SMILES string of the molecule is CC1(C)c2ccccc2-c2ccc(-c3c4oc5ccccc5c4cc4c3oc3c(-c5cccc(-c6cnc7c8ccccc8c8ccccc8c7n6)c5)cccc34)cc21. The number of hydrogen-bond acceptors (Lipinski definition) is 4. The van der Waals surface area contributed by atoms with Crippen molar-refractivity contribution in [3.8, 4) is 44.6 Å². The fourth-order valence-corrected chi connectivity index (χ4v) is 10.1. The van der Waals surface area contributed by atoms with Crippen LogP contribution in [0.3, 0.4) is 0 Å². The lowest BCUT2D eigenvalue weighted by atomic mass is 9.81. The van der Waals surface area contributed by atoms with E-state index in [0.717, 1.165) is 99.2 Å². The Kier molecular flexibility index (Phi) is 6.48. The van der Waals surface area contributed by atoms with Crippen LogP contribution in [0.2, 0.25) is 0 Å². The van der Waals surface area contributed by atoms with E-state index in [4.69, 9.17) is 18.8 Å². The van der Waals surface area contributed by atoms with E-state index < -0.39 is 0 Å². The van der Waals surface area contributed by atoms with Crippen LogP contribution in [0.4, 0.5) is 0 Å². The Morgan fingerprint density at radius 3 is 1.88 bits per heavy atom. The van der Waals surface area contributed by atoms with Gasteiger partial charge in [-0.2, -0.15) is 0 Å². The van der Waals surface area contributed by atoms with Crippen LogP contribution < -0.4 is 0 Å². The van der Waals surface area contributed by atoms with Crippen LogP contribution in [-0.4, -0.2) is 9.97 Å². The summed E-state index contributed by atoms with van der Waals surface area (Å²) >= 11 is 0. The van der Waals surface area contributed by atoms with Crippen molar-refractivity contribution in [3.05, 3.63) is 181 Å². The molecule has 0 saturated heterocycles. The molecule has 13 rings (SSSR count). The normalized spacial score (nSPS) is 13.4. The van der Waals surface area contributed by atoms with E-state index >= 15 is 0 Å². The number of aromatic nitrogens is 2. The lowest BCUT2D eigenvalue weighted by Crippen LogP contribution is -2.14. The van der Waals surface area contributed by atoms with Gasteiger partial charge in [0, 0.05) is 48.9 Å². The molecule has 0 amide bonds. The van der Waals surface area contributed by atoms with E-state index in [9.17, 15) is 0 Å². The van der Waals surface area contributed by atoms with Gasteiger partial charge in [0.1, 0.15) is 22.3 Å². The highest BCUT2D eigenvalue weighted by molar-refractivity contribution is 6.24. The van der Waals surface area contributed by atoms with Gasteiger partial charge in [0.15, 0.2) is 0 Å². The van der Waals surface area contributed by atoms with Gasteiger partial charge in [0.05, 0.1) is 28.5 Å². The van der Waals surface area contributed by atoms with E-state index in [1.54, 1.807) is 0 Å². The van der Waals surface area contributed by atoms with Gasteiger partial charge < -0.3 is 8.83 Å². The fraction of sp³-hybridized carbons (Fsp3) is 0.0545. The molecule has 9 aromatic carbocycles. The zero-order valence-corrected chi connectivity index (χ0v) is 32.4. The molecule has 276 valence electrons. The fourth-order valence-electron chi connectivity index (χ4n) is 10.1. The molecule has 3 aromatic heterocycles. The molecular formula is C55H34N2O2. The zero-order chi connectivity index (χ0) is 39.0. The summed E-state index contributed by atoms with van der Waals surface area (Å²) in [6.07, 6.45) is 1.91. The molecule has 0 fully saturated rings. The summed E-state index contributed by atoms with van der Waals surface area (Å²) < 4.78 is 13.9. The Bertz CT molecular complexity index is 3740. The molecule has 4 nitrogen and oxygen atoms in total. The van der Waals surface area contributed by atoms with Gasteiger partial charge in [-0.15, -0.1) is 0 Å². The van der Waals surface area contributed by atoms with Crippen LogP contribution in [0.25, 0.3) is 121 Å². The first kappa shape index (κ1) is 32.5. The largest absolute Gasteiger partial charge is 0.455 e. The highest BCUT2D eigenvalue weighted by Gasteiger charge is 2.36. The van der Waals surface area contributed by atoms with Gasteiger partial charge >= 0.3 is 0 Å². The van der Waals surface area contributed by atoms with E-state index in [-0.39, 0.29) is 5.41 Å². The molecule has 12 aromatic rings. The molecule has 0 spiro atoms. The third-order valence-electron chi connectivity index (χ3n) is 12.9. The van der Waals surface area contributed by atoms with Gasteiger partial charge in [-0.05, 0) is 68.4 Å². The monoisotopic (exact) mass is 754 g/mol. The van der Waals surface area contributed by atoms with Crippen LogP contribution in [0.5, 0.6) is 0 Å². The molecule has 4 heteroatoms. The highest BCUT2D eigenvalue weighted by atomic mass is 16.3. The first-order valence-corrected chi connectivity index (χ1v) is 20.2. The van der Waals surface area contributed by atoms with Crippen LogP contribution in [0, 0.1) is 0 Å². The van der Waals surface area contributed by atoms with Crippen LogP contribution in [0.1, 0.15) is 25.0 Å². The maximum atomic E-state index is 7.17. The molecule has 0 unspecified atom stereocenters. The highest BCUT2D eigenvalue weighted by Crippen LogP contribution is 2.52. The average molecular weight is 755 g/mol. The molecule has 0 N–H and O–H groups in total. The summed E-state index contributed by atoms with van der Waals surface area (Å²) in [4.78, 5) is 10.4. The Morgan fingerprint density at radius 1 is 0.407 bits per heavy atom. The number of nitrogens with zero attached hydrogens (tertiary/aromatic N) is 2. The second-order valence-corrected chi connectivity index (χ2v) is 16.4. The van der Waals surface area contributed by atoms with E-state index in [0.29, 0.717) is 0 Å². The van der Waals surface area contributed by atoms with Crippen molar-refractivity contribution in [1.29, 1.82) is 0 Å². The third-order valence-corrected chi connectivity index (χ3v) is 12.9. The van der Waals surface area contributed by atoms with Crippen molar-refractivity contribution in [2.45, 2.75) is 19.3 Å². The predicted octanol–water partition coefficient (Wildman–Crippen LogP) is 15.0. The summed E-state index contributed by atoms with van der Waals surface area (Å²) in [6.45, 7) is 4.65. The van der Waals surface area contributed by atoms with Gasteiger partial charge in [-0.25, -0.2) is 4.98 Å². The number of para-hydroxylation sites is 2. The molecule has 0 bridgehead atoms. The van der Waals surface area contributed by atoms with Crippen LogP contribution >= 0.6 is 0 Å². The van der Waals surface area contributed by atoms with E-state index in [1.165, 1.54) is 33.0 Å². The molecular weight excluding hydrogens is 721 g/mol. The molecule has 1 aliphatic rings. The lowest BCUT2D eigenvalue weighted by Gasteiger charge is -2.22. The van der Waals surface area contributed by atoms with E-state index in [2.05, 4.69) is 172 Å². The molecule has 0 aliphatic heterocycles. The second kappa shape index (κ2) is 11.7. The maximum absolute atomic E-state index is 7.17. The summed E-state index contributed by atoms with van der Waals surface area (Å²) in [5, 5.41) is 8.88. The smallest absolute Gasteiger partial charge is 0.147 e. The molecule has 59 heavy (non-hydrogen) atoms. The summed E-state index contributed by atoms with van der Waals surface area (Å²) in [7, 11) is 0. The standard InChI is InChI=1S/C55H34N2O2/c1-55(2)45-23-9-7-17-37(45)38-26-25-33(28-46(38)55)49-53-43(39-18-8-10-24-48(39)58-53)29-44-42-22-12-21-34(52(42)59-54(44)49)31-13-11-14-32(27-31)47-30-56-50-40-19-5-3-15-35(40)36-16-4-6-20-41(36)51(50)57-47/h3-30H,1-2H3. The van der Waals surface area contributed by atoms with Crippen molar-refractivity contribution >= 4 is 76.5 Å². The number of hydrogen-bond donors (Lipinski definition) is 0. The van der Waals surface area contributed by atoms with Gasteiger partial charge in [0.25, 0.3) is 0 Å². The minimum absolute atomic E-state index is 0.148. The van der Waals surface area contributed by atoms with Crippen LogP contribution in [-0.2, 0) is 5.41 Å².